The fourth-order valence-corrected chi connectivity index (χ4v) is 4.15. The minimum absolute atomic E-state index is 0. The second kappa shape index (κ2) is 13.1. The predicted octanol–water partition coefficient (Wildman–Crippen LogP) is 2.15. The summed E-state index contributed by atoms with van der Waals surface area (Å²) >= 11 is 0. The lowest BCUT2D eigenvalue weighted by Crippen LogP contribution is -2.54. The molecule has 3 rings (SSSR count). The highest BCUT2D eigenvalue weighted by Crippen LogP contribution is 2.11. The molecule has 0 unspecified atom stereocenters. The zero-order chi connectivity index (χ0) is 20.5. The Morgan fingerprint density at radius 2 is 1.77 bits per heavy atom. The molecule has 0 radical (unpaired) electrons. The normalized spacial score (nSPS) is 18.5. The van der Waals surface area contributed by atoms with Crippen LogP contribution in [-0.4, -0.2) is 91.0 Å². The summed E-state index contributed by atoms with van der Waals surface area (Å²) in [6.07, 6.45) is 9.54. The Balaban J connectivity index is 0.00000320. The molecule has 2 saturated heterocycles. The maximum absolute atomic E-state index is 12.6. The summed E-state index contributed by atoms with van der Waals surface area (Å²) in [5.41, 5.74) is 2.55. The summed E-state index contributed by atoms with van der Waals surface area (Å²) in [6, 6.07) is 2.08. The largest absolute Gasteiger partial charge is 0.356 e. The fraction of sp³-hybridized carbons (Fsp3) is 0.682. The molecule has 0 aromatic carbocycles. The van der Waals surface area contributed by atoms with Crippen LogP contribution in [0.25, 0.3) is 0 Å². The van der Waals surface area contributed by atoms with E-state index >= 15 is 0 Å². The number of amides is 1. The number of nitrogens with zero attached hydrogens (tertiary/aromatic N) is 5. The first kappa shape index (κ1) is 24.8. The third-order valence-electron chi connectivity index (χ3n) is 6.02. The number of piperazine rings is 1. The van der Waals surface area contributed by atoms with Crippen LogP contribution in [0.1, 0.15) is 36.8 Å². The van der Waals surface area contributed by atoms with E-state index in [1.54, 1.807) is 0 Å². The molecule has 168 valence electrons. The van der Waals surface area contributed by atoms with E-state index in [4.69, 9.17) is 0 Å². The number of carbonyl (C=O) groups excluding carboxylic acids is 1. The van der Waals surface area contributed by atoms with Gasteiger partial charge >= 0.3 is 0 Å². The Hall–Kier alpha value is -1.42. The molecule has 2 fully saturated rings. The summed E-state index contributed by atoms with van der Waals surface area (Å²) in [4.78, 5) is 27.9. The molecule has 3 heterocycles. The molecule has 2 aliphatic heterocycles. The molecule has 1 aromatic rings. The van der Waals surface area contributed by atoms with E-state index < -0.39 is 0 Å². The van der Waals surface area contributed by atoms with E-state index in [2.05, 4.69) is 43.0 Å². The molecule has 8 heteroatoms. The fourth-order valence-electron chi connectivity index (χ4n) is 4.15. The number of halogens is 1. The standard InChI is InChI=1S/C22H36N6O.HI/c1-19-17-24-9-7-20(19)8-10-25-22(23-2)28-15-13-26(14-16-28)18-21(29)27-11-5-3-4-6-12-27;/h7,9,17H,3-6,8,10-16,18H2,1-2H3,(H,23,25);1H. The quantitative estimate of drug-likeness (QED) is 0.361. The summed E-state index contributed by atoms with van der Waals surface area (Å²) < 4.78 is 0. The number of aromatic nitrogens is 1. The van der Waals surface area contributed by atoms with Crippen LogP contribution in [-0.2, 0) is 11.2 Å². The lowest BCUT2D eigenvalue weighted by Gasteiger charge is -2.37. The number of hydrogen-bond acceptors (Lipinski definition) is 4. The van der Waals surface area contributed by atoms with E-state index in [-0.39, 0.29) is 24.0 Å². The SMILES string of the molecule is CN=C(NCCc1ccncc1C)N1CCN(CC(=O)N2CCCCCC2)CC1.I. The molecule has 1 aromatic heterocycles. The van der Waals surface area contributed by atoms with Crippen LogP contribution in [0.3, 0.4) is 0 Å². The van der Waals surface area contributed by atoms with E-state index in [0.717, 1.165) is 71.0 Å². The van der Waals surface area contributed by atoms with Crippen LogP contribution in [0.5, 0.6) is 0 Å². The molecule has 0 saturated carbocycles. The van der Waals surface area contributed by atoms with Gasteiger partial charge in [0.25, 0.3) is 0 Å². The van der Waals surface area contributed by atoms with Gasteiger partial charge in [0.2, 0.25) is 5.91 Å². The zero-order valence-electron chi connectivity index (χ0n) is 18.5. The summed E-state index contributed by atoms with van der Waals surface area (Å²) in [7, 11) is 1.84. The first-order chi connectivity index (χ1) is 14.2. The monoisotopic (exact) mass is 528 g/mol. The van der Waals surface area contributed by atoms with Gasteiger partial charge in [-0.3, -0.25) is 19.7 Å². The van der Waals surface area contributed by atoms with Crippen molar-refractivity contribution in [3.63, 3.8) is 0 Å². The van der Waals surface area contributed by atoms with Gasteiger partial charge < -0.3 is 15.1 Å². The smallest absolute Gasteiger partial charge is 0.236 e. The second-order valence-corrected chi connectivity index (χ2v) is 8.08. The second-order valence-electron chi connectivity index (χ2n) is 8.08. The molecular formula is C22H37IN6O. The summed E-state index contributed by atoms with van der Waals surface area (Å²) in [6.45, 7) is 9.00. The minimum atomic E-state index is 0. The van der Waals surface area contributed by atoms with Crippen LogP contribution in [0, 0.1) is 6.92 Å². The lowest BCUT2D eigenvalue weighted by atomic mass is 10.1. The minimum Gasteiger partial charge on any atom is -0.356 e. The van der Waals surface area contributed by atoms with Gasteiger partial charge in [-0.2, -0.15) is 0 Å². The molecule has 7 nitrogen and oxygen atoms in total. The van der Waals surface area contributed by atoms with Gasteiger partial charge in [0.1, 0.15) is 0 Å². The number of guanidine groups is 1. The molecule has 0 spiro atoms. The van der Waals surface area contributed by atoms with Crippen LogP contribution >= 0.6 is 24.0 Å². The van der Waals surface area contributed by atoms with Crippen molar-refractivity contribution >= 4 is 35.8 Å². The lowest BCUT2D eigenvalue weighted by molar-refractivity contribution is -0.132. The first-order valence-corrected chi connectivity index (χ1v) is 11.0. The van der Waals surface area contributed by atoms with E-state index in [1.165, 1.54) is 24.0 Å². The van der Waals surface area contributed by atoms with E-state index in [9.17, 15) is 4.79 Å². The molecule has 2 aliphatic rings. The van der Waals surface area contributed by atoms with Crippen LogP contribution < -0.4 is 5.32 Å². The van der Waals surface area contributed by atoms with Crippen molar-refractivity contribution in [3.8, 4) is 0 Å². The van der Waals surface area contributed by atoms with Crippen molar-refractivity contribution in [2.45, 2.75) is 39.0 Å². The van der Waals surface area contributed by atoms with Crippen molar-refractivity contribution in [2.75, 3.05) is 59.4 Å². The average Bonchev–Trinajstić information content (AvgIpc) is 3.03. The van der Waals surface area contributed by atoms with Gasteiger partial charge in [-0.15, -0.1) is 24.0 Å². The molecular weight excluding hydrogens is 491 g/mol. The Labute approximate surface area is 198 Å². The maximum atomic E-state index is 12.6. The number of hydrogen-bond donors (Lipinski definition) is 1. The van der Waals surface area contributed by atoms with Crippen molar-refractivity contribution in [2.24, 2.45) is 4.99 Å². The first-order valence-electron chi connectivity index (χ1n) is 11.0. The van der Waals surface area contributed by atoms with Gasteiger partial charge in [-0.25, -0.2) is 0 Å². The topological polar surface area (TPSA) is 64.1 Å². The zero-order valence-corrected chi connectivity index (χ0v) is 20.8. The Morgan fingerprint density at radius 3 is 2.40 bits per heavy atom. The van der Waals surface area contributed by atoms with Crippen molar-refractivity contribution < 1.29 is 4.79 Å². The Kier molecular flexibility index (Phi) is 10.8. The molecule has 1 amide bonds. The molecule has 1 N–H and O–H groups in total. The van der Waals surface area contributed by atoms with Crippen molar-refractivity contribution in [3.05, 3.63) is 29.6 Å². The number of pyridine rings is 1. The third-order valence-corrected chi connectivity index (χ3v) is 6.02. The van der Waals surface area contributed by atoms with Gasteiger partial charge in [0.05, 0.1) is 6.54 Å². The number of likely N-dealkylation sites (tertiary alicyclic amines) is 1. The van der Waals surface area contributed by atoms with E-state index in [1.807, 2.05) is 19.4 Å². The molecule has 0 aliphatic carbocycles. The highest BCUT2D eigenvalue weighted by molar-refractivity contribution is 14.0. The van der Waals surface area contributed by atoms with Gasteiger partial charge in [0, 0.05) is 65.3 Å². The Morgan fingerprint density at radius 1 is 1.07 bits per heavy atom. The highest BCUT2D eigenvalue weighted by atomic mass is 127. The highest BCUT2D eigenvalue weighted by Gasteiger charge is 2.23. The van der Waals surface area contributed by atoms with Crippen molar-refractivity contribution in [1.29, 1.82) is 0 Å². The number of aliphatic imine (C=N–C) groups is 1. The maximum Gasteiger partial charge on any atom is 0.236 e. The van der Waals surface area contributed by atoms with Crippen LogP contribution in [0.4, 0.5) is 0 Å². The van der Waals surface area contributed by atoms with E-state index in [0.29, 0.717) is 12.5 Å². The predicted molar refractivity (Wildman–Crippen MR) is 133 cm³/mol. The average molecular weight is 528 g/mol. The molecule has 0 atom stereocenters. The van der Waals surface area contributed by atoms with Gasteiger partial charge in [0.15, 0.2) is 5.96 Å². The Bertz CT molecular complexity index is 682. The number of carbonyl (C=O) groups is 1. The number of aryl methyl sites for hydroxylation is 1. The molecule has 30 heavy (non-hydrogen) atoms. The van der Waals surface area contributed by atoms with Gasteiger partial charge in [-0.05, 0) is 43.4 Å². The third kappa shape index (κ3) is 7.37. The van der Waals surface area contributed by atoms with Crippen molar-refractivity contribution in [1.82, 2.24) is 25.0 Å². The molecule has 0 bridgehead atoms. The summed E-state index contributed by atoms with van der Waals surface area (Å²) in [5.74, 6) is 1.26. The van der Waals surface area contributed by atoms with Gasteiger partial charge in [-0.1, -0.05) is 12.8 Å². The summed E-state index contributed by atoms with van der Waals surface area (Å²) in [5, 5.41) is 3.49. The van der Waals surface area contributed by atoms with Crippen LogP contribution in [0.2, 0.25) is 0 Å². The number of rotatable bonds is 5. The van der Waals surface area contributed by atoms with Crippen LogP contribution in [0.15, 0.2) is 23.5 Å². The number of nitrogens with one attached hydrogen (secondary N) is 1.